The summed E-state index contributed by atoms with van der Waals surface area (Å²) in [6, 6.07) is 10.1. The first-order chi connectivity index (χ1) is 13.4. The van der Waals surface area contributed by atoms with Gasteiger partial charge in [0.15, 0.2) is 0 Å². The molecule has 2 aromatic carbocycles. The minimum Gasteiger partial charge on any atom is -0.496 e. The van der Waals surface area contributed by atoms with Gasteiger partial charge in [0, 0.05) is 35.6 Å². The number of thioether (sulfide) groups is 1. The molecule has 0 radical (unpaired) electrons. The molecule has 0 aliphatic rings. The summed E-state index contributed by atoms with van der Waals surface area (Å²) in [6.45, 7) is 0. The summed E-state index contributed by atoms with van der Waals surface area (Å²) in [5, 5.41) is 25.2. The zero-order chi connectivity index (χ0) is 20.5. The Kier molecular flexibility index (Phi) is 7.45. The number of rotatable bonds is 9. The molecule has 0 fully saturated rings. The summed E-state index contributed by atoms with van der Waals surface area (Å²) in [7, 11) is 1.42. The zero-order valence-electron chi connectivity index (χ0n) is 14.7. The van der Waals surface area contributed by atoms with E-state index in [4.69, 9.17) is 4.74 Å². The molecule has 0 aliphatic carbocycles. The number of hydrogen-bond donors (Lipinski definition) is 1. The van der Waals surface area contributed by atoms with E-state index in [1.165, 1.54) is 55.4 Å². The number of benzene rings is 2. The highest BCUT2D eigenvalue weighted by Gasteiger charge is 2.10. The predicted molar refractivity (Wildman–Crippen MR) is 105 cm³/mol. The van der Waals surface area contributed by atoms with Crippen molar-refractivity contribution in [3.63, 3.8) is 0 Å². The fourth-order valence-electron chi connectivity index (χ4n) is 2.12. The van der Waals surface area contributed by atoms with Gasteiger partial charge in [-0.25, -0.2) is 5.43 Å². The van der Waals surface area contributed by atoms with E-state index in [9.17, 15) is 25.0 Å². The Morgan fingerprint density at radius 2 is 1.79 bits per heavy atom. The number of hydrogen-bond acceptors (Lipinski definition) is 8. The second kappa shape index (κ2) is 10.0. The van der Waals surface area contributed by atoms with Crippen LogP contribution in [0, 0.1) is 20.2 Å². The van der Waals surface area contributed by atoms with Crippen molar-refractivity contribution in [2.75, 3.05) is 12.9 Å². The van der Waals surface area contributed by atoms with Crippen LogP contribution in [0.25, 0.3) is 0 Å². The monoisotopic (exact) mass is 404 g/mol. The van der Waals surface area contributed by atoms with Crippen LogP contribution in [-0.4, -0.2) is 34.8 Å². The number of carbonyl (C=O) groups excluding carboxylic acids is 1. The summed E-state index contributed by atoms with van der Waals surface area (Å²) < 4.78 is 5.10. The third-order valence-electron chi connectivity index (χ3n) is 3.47. The summed E-state index contributed by atoms with van der Waals surface area (Å²) >= 11 is 1.32. The fourth-order valence-corrected chi connectivity index (χ4v) is 2.90. The highest BCUT2D eigenvalue weighted by Crippen LogP contribution is 2.22. The lowest BCUT2D eigenvalue weighted by atomic mass is 10.2. The molecular weight excluding hydrogens is 388 g/mol. The van der Waals surface area contributed by atoms with Crippen molar-refractivity contribution in [3.8, 4) is 5.75 Å². The van der Waals surface area contributed by atoms with Gasteiger partial charge in [0.2, 0.25) is 5.91 Å². The van der Waals surface area contributed by atoms with Crippen LogP contribution in [0.3, 0.4) is 0 Å². The molecule has 0 bridgehead atoms. The second-order valence-corrected chi connectivity index (χ2v) is 6.38. The van der Waals surface area contributed by atoms with Crippen LogP contribution in [0.2, 0.25) is 0 Å². The number of nitro benzene ring substituents is 2. The Hall–Kier alpha value is -3.47. The molecule has 2 rings (SSSR count). The topological polar surface area (TPSA) is 137 Å². The van der Waals surface area contributed by atoms with Crippen molar-refractivity contribution in [1.82, 2.24) is 5.43 Å². The first kappa shape index (κ1) is 20.8. The molecule has 1 N–H and O–H groups in total. The summed E-state index contributed by atoms with van der Waals surface area (Å²) in [6.07, 6.45) is 1.27. The van der Waals surface area contributed by atoms with Gasteiger partial charge in [0.05, 0.1) is 28.9 Å². The van der Waals surface area contributed by atoms with Gasteiger partial charge < -0.3 is 4.74 Å². The molecule has 0 aromatic heterocycles. The molecule has 11 heteroatoms. The van der Waals surface area contributed by atoms with Crippen LogP contribution in [-0.2, 0) is 10.5 Å². The second-order valence-electron chi connectivity index (χ2n) is 5.39. The van der Waals surface area contributed by atoms with E-state index >= 15 is 0 Å². The normalized spacial score (nSPS) is 10.6. The first-order valence-corrected chi connectivity index (χ1v) is 9.01. The van der Waals surface area contributed by atoms with Gasteiger partial charge in [-0.15, -0.1) is 11.8 Å². The number of carbonyl (C=O) groups is 1. The lowest BCUT2D eigenvalue weighted by Gasteiger charge is -2.04. The van der Waals surface area contributed by atoms with Crippen molar-refractivity contribution in [1.29, 1.82) is 0 Å². The minimum atomic E-state index is -0.538. The predicted octanol–water partition coefficient (Wildman–Crippen LogP) is 2.90. The molecule has 0 atom stereocenters. The van der Waals surface area contributed by atoms with Crippen LogP contribution >= 0.6 is 11.8 Å². The van der Waals surface area contributed by atoms with Gasteiger partial charge >= 0.3 is 0 Å². The maximum atomic E-state index is 11.8. The van der Waals surface area contributed by atoms with Crippen LogP contribution in [0.5, 0.6) is 5.75 Å². The average Bonchev–Trinajstić information content (AvgIpc) is 2.68. The summed E-state index contributed by atoms with van der Waals surface area (Å²) in [4.78, 5) is 32.3. The molecule has 0 saturated carbocycles. The molecule has 146 valence electrons. The maximum Gasteiger partial charge on any atom is 0.270 e. The van der Waals surface area contributed by atoms with Gasteiger partial charge in [-0.05, 0) is 11.6 Å². The minimum absolute atomic E-state index is 0.0115. The van der Waals surface area contributed by atoms with E-state index in [0.29, 0.717) is 17.1 Å². The number of nitro groups is 2. The fraction of sp³-hybridized carbons (Fsp3) is 0.176. The Bertz CT molecular complexity index is 901. The molecular formula is C17H16N4O6S. The van der Waals surface area contributed by atoms with Gasteiger partial charge in [0.1, 0.15) is 5.75 Å². The van der Waals surface area contributed by atoms with Crippen molar-refractivity contribution in [3.05, 3.63) is 73.8 Å². The largest absolute Gasteiger partial charge is 0.496 e. The highest BCUT2D eigenvalue weighted by atomic mass is 32.2. The molecule has 0 heterocycles. The quantitative estimate of drug-likeness (QED) is 0.385. The Balaban J connectivity index is 1.84. The van der Waals surface area contributed by atoms with E-state index in [2.05, 4.69) is 10.5 Å². The number of nitrogens with one attached hydrogen (secondary N) is 1. The molecule has 0 spiro atoms. The van der Waals surface area contributed by atoms with Gasteiger partial charge in [-0.2, -0.15) is 5.10 Å². The number of methoxy groups -OCH3 is 1. The molecule has 0 aliphatic heterocycles. The van der Waals surface area contributed by atoms with E-state index in [-0.39, 0.29) is 23.0 Å². The van der Waals surface area contributed by atoms with E-state index in [1.807, 2.05) is 0 Å². The average molecular weight is 404 g/mol. The van der Waals surface area contributed by atoms with Gasteiger partial charge in [-0.3, -0.25) is 25.0 Å². The highest BCUT2D eigenvalue weighted by molar-refractivity contribution is 7.99. The van der Waals surface area contributed by atoms with Crippen LogP contribution < -0.4 is 10.2 Å². The van der Waals surface area contributed by atoms with Crippen molar-refractivity contribution in [2.45, 2.75) is 5.75 Å². The molecule has 2 aromatic rings. The van der Waals surface area contributed by atoms with Gasteiger partial charge in [0.25, 0.3) is 11.4 Å². The zero-order valence-corrected chi connectivity index (χ0v) is 15.5. The van der Waals surface area contributed by atoms with Crippen LogP contribution in [0.15, 0.2) is 47.6 Å². The van der Waals surface area contributed by atoms with Crippen LogP contribution in [0.4, 0.5) is 11.4 Å². The van der Waals surface area contributed by atoms with E-state index in [1.54, 1.807) is 12.1 Å². The molecule has 10 nitrogen and oxygen atoms in total. The number of ether oxygens (including phenoxy) is 1. The number of amides is 1. The Morgan fingerprint density at radius 1 is 1.14 bits per heavy atom. The lowest BCUT2D eigenvalue weighted by molar-refractivity contribution is -0.385. The van der Waals surface area contributed by atoms with Crippen molar-refractivity contribution < 1.29 is 19.4 Å². The maximum absolute atomic E-state index is 11.8. The summed E-state index contributed by atoms with van der Waals surface area (Å²) in [5.41, 5.74) is 3.44. The Morgan fingerprint density at radius 3 is 2.39 bits per heavy atom. The van der Waals surface area contributed by atoms with Crippen molar-refractivity contribution >= 4 is 35.3 Å². The van der Waals surface area contributed by atoms with Crippen molar-refractivity contribution in [2.24, 2.45) is 5.10 Å². The number of non-ortho nitro benzene ring substituents is 2. The number of nitrogens with zero attached hydrogens (tertiary/aromatic N) is 3. The van der Waals surface area contributed by atoms with E-state index < -0.39 is 9.85 Å². The van der Waals surface area contributed by atoms with Crippen LogP contribution in [0.1, 0.15) is 11.1 Å². The smallest absolute Gasteiger partial charge is 0.270 e. The molecule has 28 heavy (non-hydrogen) atoms. The molecule has 0 unspecified atom stereocenters. The molecule has 1 amide bonds. The Labute approximate surface area is 163 Å². The number of hydrazone groups is 1. The summed E-state index contributed by atoms with van der Waals surface area (Å²) in [5.74, 6) is 0.664. The lowest BCUT2D eigenvalue weighted by Crippen LogP contribution is -2.19. The third kappa shape index (κ3) is 6.06. The molecule has 0 saturated heterocycles. The van der Waals surface area contributed by atoms with E-state index in [0.717, 1.165) is 5.56 Å². The van der Waals surface area contributed by atoms with Gasteiger partial charge in [-0.1, -0.05) is 12.1 Å². The first-order valence-electron chi connectivity index (χ1n) is 7.86. The SMILES string of the molecule is COc1ccc([N+](=O)[O-])cc1/C=N\NC(=O)CSCc1ccc([N+](=O)[O-])cc1. The third-order valence-corrected chi connectivity index (χ3v) is 4.47. The standard InChI is InChI=1S/C17H16N4O6S/c1-27-16-7-6-15(21(25)26)8-13(16)9-18-19-17(22)11-28-10-12-2-4-14(5-3-12)20(23)24/h2-9H,10-11H2,1H3,(H,19,22)/b18-9-.